The molecule has 2 heterocycles. The molecule has 9 heteroatoms. The third kappa shape index (κ3) is 4.98. The van der Waals surface area contributed by atoms with Crippen LogP contribution in [0.15, 0.2) is 48.5 Å². The molecule has 1 saturated heterocycles. The van der Waals surface area contributed by atoms with Crippen LogP contribution in [0.2, 0.25) is 0 Å². The van der Waals surface area contributed by atoms with Crippen LogP contribution in [0.3, 0.4) is 0 Å². The Morgan fingerprint density at radius 3 is 2.18 bits per heavy atom. The summed E-state index contributed by atoms with van der Waals surface area (Å²) < 4.78 is 11.4. The zero-order valence-electron chi connectivity index (χ0n) is 18.6. The van der Waals surface area contributed by atoms with E-state index in [1.54, 1.807) is 38.5 Å². The molecule has 0 atom stereocenters. The van der Waals surface area contributed by atoms with E-state index in [1.807, 2.05) is 18.2 Å². The number of benzene rings is 2. The number of phenolic OH excluding ortho intramolecular Hbond substituents is 1. The number of piperazine rings is 1. The van der Waals surface area contributed by atoms with Crippen molar-refractivity contribution in [2.75, 3.05) is 45.3 Å². The van der Waals surface area contributed by atoms with E-state index in [9.17, 15) is 9.90 Å². The molecule has 1 fully saturated rings. The number of rotatable bonds is 7. The summed E-state index contributed by atoms with van der Waals surface area (Å²) >= 11 is 0. The van der Waals surface area contributed by atoms with Gasteiger partial charge in [-0.25, -0.2) is 4.79 Å². The van der Waals surface area contributed by atoms with Gasteiger partial charge in [0.05, 0.1) is 19.8 Å². The van der Waals surface area contributed by atoms with Crippen LogP contribution < -0.4 is 14.4 Å². The fourth-order valence-corrected chi connectivity index (χ4v) is 3.96. The van der Waals surface area contributed by atoms with E-state index in [4.69, 9.17) is 14.6 Å². The Labute approximate surface area is 191 Å². The highest BCUT2D eigenvalue weighted by atomic mass is 16.5. The molecular formula is C24H26N4O5. The van der Waals surface area contributed by atoms with Gasteiger partial charge >= 0.3 is 5.97 Å². The average Bonchev–Trinajstić information content (AvgIpc) is 2.84. The van der Waals surface area contributed by atoms with Gasteiger partial charge in [-0.15, -0.1) is 10.2 Å². The van der Waals surface area contributed by atoms with Gasteiger partial charge in [0.25, 0.3) is 0 Å². The molecule has 0 amide bonds. The first-order valence-electron chi connectivity index (χ1n) is 10.6. The van der Waals surface area contributed by atoms with Crippen molar-refractivity contribution >= 4 is 11.8 Å². The molecule has 1 aromatic heterocycles. The molecule has 0 spiro atoms. The number of carbonyl (C=O) groups is 1. The number of ether oxygens (including phenoxy) is 2. The molecule has 1 aliphatic rings. The lowest BCUT2D eigenvalue weighted by Gasteiger charge is -2.35. The van der Waals surface area contributed by atoms with Crippen molar-refractivity contribution in [3.8, 4) is 28.4 Å². The third-order valence-corrected chi connectivity index (χ3v) is 5.73. The molecule has 172 valence electrons. The van der Waals surface area contributed by atoms with Gasteiger partial charge in [0.2, 0.25) is 0 Å². The molecule has 0 unspecified atom stereocenters. The average molecular weight is 450 g/mol. The molecule has 2 aromatic carbocycles. The number of aromatic nitrogens is 2. The van der Waals surface area contributed by atoms with Crippen molar-refractivity contribution in [2.24, 2.45) is 0 Å². The summed E-state index contributed by atoms with van der Waals surface area (Å²) in [5, 5.41) is 26.6. The summed E-state index contributed by atoms with van der Waals surface area (Å²) in [6.07, 6.45) is 0. The zero-order chi connectivity index (χ0) is 23.4. The number of methoxy groups -OCH3 is 2. The van der Waals surface area contributed by atoms with E-state index < -0.39 is 5.97 Å². The number of nitrogens with zero attached hydrogens (tertiary/aromatic N) is 4. The van der Waals surface area contributed by atoms with Crippen molar-refractivity contribution in [2.45, 2.75) is 6.54 Å². The quantitative estimate of drug-likeness (QED) is 0.562. The van der Waals surface area contributed by atoms with Crippen LogP contribution in [0.25, 0.3) is 11.1 Å². The number of aromatic hydroxyl groups is 1. The number of anilines is 1. The highest BCUT2D eigenvalue weighted by Gasteiger charge is 2.22. The lowest BCUT2D eigenvalue weighted by molar-refractivity contribution is 0.0689. The van der Waals surface area contributed by atoms with Crippen LogP contribution in [0.4, 0.5) is 5.82 Å². The Bertz CT molecular complexity index is 1100. The maximum absolute atomic E-state index is 11.0. The molecule has 0 aliphatic carbocycles. The molecule has 9 nitrogen and oxygen atoms in total. The second-order valence-electron chi connectivity index (χ2n) is 7.75. The van der Waals surface area contributed by atoms with Crippen LogP contribution in [0.5, 0.6) is 17.2 Å². The predicted octanol–water partition coefficient (Wildman–Crippen LogP) is 2.89. The largest absolute Gasteiger partial charge is 0.508 e. The molecule has 0 bridgehead atoms. The maximum atomic E-state index is 11.0. The van der Waals surface area contributed by atoms with E-state index in [0.717, 1.165) is 54.4 Å². The fraction of sp³-hybridized carbons (Fsp3) is 0.292. The van der Waals surface area contributed by atoms with Crippen molar-refractivity contribution < 1.29 is 24.5 Å². The Balaban J connectivity index is 1.48. The van der Waals surface area contributed by atoms with E-state index >= 15 is 0 Å². The number of aromatic carboxylic acids is 1. The number of hydrogen-bond donors (Lipinski definition) is 2. The molecular weight excluding hydrogens is 424 g/mol. The third-order valence-electron chi connectivity index (χ3n) is 5.73. The van der Waals surface area contributed by atoms with Gasteiger partial charge in [0, 0.05) is 32.7 Å². The van der Waals surface area contributed by atoms with Crippen molar-refractivity contribution in [3.63, 3.8) is 0 Å². The monoisotopic (exact) mass is 450 g/mol. The second-order valence-corrected chi connectivity index (χ2v) is 7.75. The van der Waals surface area contributed by atoms with Crippen LogP contribution in [0, 0.1) is 0 Å². The molecule has 33 heavy (non-hydrogen) atoms. The molecule has 0 radical (unpaired) electrons. The number of carboxylic acid groups (broad SMARTS) is 1. The number of carboxylic acids is 1. The Morgan fingerprint density at radius 2 is 1.64 bits per heavy atom. The Kier molecular flexibility index (Phi) is 6.60. The van der Waals surface area contributed by atoms with E-state index in [2.05, 4.69) is 20.0 Å². The van der Waals surface area contributed by atoms with Gasteiger partial charge in [-0.1, -0.05) is 12.1 Å². The minimum Gasteiger partial charge on any atom is -0.508 e. The fourth-order valence-electron chi connectivity index (χ4n) is 3.96. The standard InChI is InChI=1S/C24H26N4O5/c1-32-21-13-17(16-4-3-5-18(29)12-16)14-22(33-2)19(21)15-27-8-10-28(11-9-27)23-7-6-20(24(30)31)25-26-23/h3-7,12-14,29H,8-11,15H2,1-2H3,(H,30,31). The van der Waals surface area contributed by atoms with Gasteiger partial charge in [-0.2, -0.15) is 0 Å². The zero-order valence-corrected chi connectivity index (χ0v) is 18.6. The van der Waals surface area contributed by atoms with Crippen LogP contribution in [-0.4, -0.2) is 71.7 Å². The maximum Gasteiger partial charge on any atom is 0.356 e. The van der Waals surface area contributed by atoms with Gasteiger partial charge in [0.15, 0.2) is 11.5 Å². The molecule has 4 rings (SSSR count). The first-order valence-corrected chi connectivity index (χ1v) is 10.6. The van der Waals surface area contributed by atoms with E-state index in [0.29, 0.717) is 12.4 Å². The van der Waals surface area contributed by atoms with Crippen LogP contribution in [-0.2, 0) is 6.54 Å². The van der Waals surface area contributed by atoms with Crippen molar-refractivity contribution in [3.05, 3.63) is 59.8 Å². The number of phenols is 1. The summed E-state index contributed by atoms with van der Waals surface area (Å²) in [6.45, 7) is 3.73. The van der Waals surface area contributed by atoms with Crippen molar-refractivity contribution in [1.82, 2.24) is 15.1 Å². The molecule has 0 saturated carbocycles. The summed E-state index contributed by atoms with van der Waals surface area (Å²) in [5.74, 6) is 1.24. The van der Waals surface area contributed by atoms with Crippen LogP contribution >= 0.6 is 0 Å². The van der Waals surface area contributed by atoms with Crippen molar-refractivity contribution in [1.29, 1.82) is 0 Å². The van der Waals surface area contributed by atoms with E-state index in [-0.39, 0.29) is 11.4 Å². The van der Waals surface area contributed by atoms with Gasteiger partial charge in [-0.3, -0.25) is 4.90 Å². The number of hydrogen-bond acceptors (Lipinski definition) is 8. The minimum atomic E-state index is -1.09. The second kappa shape index (κ2) is 9.74. The summed E-state index contributed by atoms with van der Waals surface area (Å²) in [4.78, 5) is 15.4. The normalized spacial score (nSPS) is 14.2. The van der Waals surface area contributed by atoms with Gasteiger partial charge in [-0.05, 0) is 47.5 Å². The molecule has 3 aromatic rings. The first kappa shape index (κ1) is 22.3. The lowest BCUT2D eigenvalue weighted by atomic mass is 10.0. The summed E-state index contributed by atoms with van der Waals surface area (Å²) in [6, 6.07) is 14.2. The summed E-state index contributed by atoms with van der Waals surface area (Å²) in [5.41, 5.74) is 2.67. The van der Waals surface area contributed by atoms with Gasteiger partial charge < -0.3 is 24.6 Å². The predicted molar refractivity (Wildman–Crippen MR) is 123 cm³/mol. The summed E-state index contributed by atoms with van der Waals surface area (Å²) in [7, 11) is 3.28. The molecule has 2 N–H and O–H groups in total. The Hall–Kier alpha value is -3.85. The molecule has 1 aliphatic heterocycles. The lowest BCUT2D eigenvalue weighted by Crippen LogP contribution is -2.46. The highest BCUT2D eigenvalue weighted by molar-refractivity contribution is 5.85. The topological polar surface area (TPSA) is 108 Å². The SMILES string of the molecule is COc1cc(-c2cccc(O)c2)cc(OC)c1CN1CCN(c2ccc(C(=O)O)nn2)CC1. The first-order chi connectivity index (χ1) is 16.0. The van der Waals surface area contributed by atoms with Gasteiger partial charge in [0.1, 0.15) is 17.2 Å². The Morgan fingerprint density at radius 1 is 0.939 bits per heavy atom. The highest BCUT2D eigenvalue weighted by Crippen LogP contribution is 2.37. The van der Waals surface area contributed by atoms with Crippen LogP contribution in [0.1, 0.15) is 16.1 Å². The smallest absolute Gasteiger partial charge is 0.356 e. The minimum absolute atomic E-state index is 0.0641. The van der Waals surface area contributed by atoms with E-state index in [1.165, 1.54) is 6.07 Å².